The van der Waals surface area contributed by atoms with Gasteiger partial charge in [0.2, 0.25) is 0 Å². The molecule has 0 bridgehead atoms. The average molecular weight is 264 g/mol. The lowest BCUT2D eigenvalue weighted by atomic mass is 9.87. The summed E-state index contributed by atoms with van der Waals surface area (Å²) in [4.78, 5) is 2.47. The first-order valence-corrected chi connectivity index (χ1v) is 7.81. The molecule has 2 N–H and O–H groups in total. The molecule has 1 aliphatic rings. The van der Waals surface area contributed by atoms with Crippen LogP contribution < -0.4 is 5.73 Å². The van der Waals surface area contributed by atoms with Gasteiger partial charge in [-0.05, 0) is 31.2 Å². The van der Waals surface area contributed by atoms with Gasteiger partial charge in [-0.1, -0.05) is 37.3 Å². The Morgan fingerprint density at radius 3 is 2.72 bits per heavy atom. The van der Waals surface area contributed by atoms with Crippen molar-refractivity contribution in [1.29, 1.82) is 0 Å². The molecule has 2 atom stereocenters. The number of nitrogens with zero attached hydrogens (tertiary/aromatic N) is 1. The van der Waals surface area contributed by atoms with E-state index >= 15 is 0 Å². The van der Waals surface area contributed by atoms with E-state index in [2.05, 4.69) is 61.0 Å². The molecule has 0 saturated carbocycles. The van der Waals surface area contributed by atoms with Crippen LogP contribution in [0.5, 0.6) is 0 Å². The number of nitrogens with two attached hydrogens (primary N) is 1. The second kappa shape index (κ2) is 6.09. The van der Waals surface area contributed by atoms with Crippen LogP contribution in [0.15, 0.2) is 30.3 Å². The Morgan fingerprint density at radius 1 is 1.39 bits per heavy atom. The second-order valence-corrected chi connectivity index (χ2v) is 6.71. The fraction of sp³-hybridized carbons (Fsp3) is 0.600. The van der Waals surface area contributed by atoms with Gasteiger partial charge < -0.3 is 5.73 Å². The Balaban J connectivity index is 2.12. The molecule has 1 aromatic rings. The number of benzene rings is 1. The van der Waals surface area contributed by atoms with Crippen molar-refractivity contribution in [1.82, 2.24) is 4.90 Å². The summed E-state index contributed by atoms with van der Waals surface area (Å²) in [6.45, 7) is 4.08. The molecule has 0 radical (unpaired) electrons. The van der Waals surface area contributed by atoms with Crippen molar-refractivity contribution >= 4 is 11.8 Å². The smallest absolute Gasteiger partial charge is 0.0448 e. The first kappa shape index (κ1) is 13.9. The van der Waals surface area contributed by atoms with Crippen LogP contribution in [0.4, 0.5) is 0 Å². The summed E-state index contributed by atoms with van der Waals surface area (Å²) < 4.78 is 0. The fourth-order valence-corrected chi connectivity index (χ4v) is 4.31. The largest absolute Gasteiger partial charge is 0.329 e. The third-order valence-electron chi connectivity index (χ3n) is 4.25. The molecule has 1 aromatic carbocycles. The summed E-state index contributed by atoms with van der Waals surface area (Å²) >= 11 is 2.07. The van der Waals surface area contributed by atoms with E-state index in [1.807, 2.05) is 0 Å². The molecule has 0 aromatic heterocycles. The highest BCUT2D eigenvalue weighted by Crippen LogP contribution is 2.37. The van der Waals surface area contributed by atoms with Crippen LogP contribution in [-0.2, 0) is 6.54 Å². The lowest BCUT2D eigenvalue weighted by Gasteiger charge is -2.48. The van der Waals surface area contributed by atoms with Crippen molar-refractivity contribution in [2.24, 2.45) is 5.73 Å². The van der Waals surface area contributed by atoms with E-state index in [1.54, 1.807) is 0 Å². The van der Waals surface area contributed by atoms with Crippen LogP contribution in [-0.4, -0.2) is 35.0 Å². The van der Waals surface area contributed by atoms with Crippen LogP contribution in [0, 0.1) is 0 Å². The standard InChI is InChI=1S/C15H24N2S/c1-13-15(12-16,9-6-10-18-13)17(2)11-14-7-4-3-5-8-14/h3-5,7-8,13H,6,9-12,16H2,1-2H3. The van der Waals surface area contributed by atoms with Gasteiger partial charge in [0.25, 0.3) is 0 Å². The van der Waals surface area contributed by atoms with Gasteiger partial charge in [-0.15, -0.1) is 0 Å². The van der Waals surface area contributed by atoms with Crippen LogP contribution >= 0.6 is 11.8 Å². The molecule has 2 unspecified atom stereocenters. The maximum atomic E-state index is 6.13. The predicted molar refractivity (Wildman–Crippen MR) is 80.8 cm³/mol. The summed E-state index contributed by atoms with van der Waals surface area (Å²) in [6.07, 6.45) is 2.51. The first-order chi connectivity index (χ1) is 8.69. The number of rotatable bonds is 4. The van der Waals surface area contributed by atoms with Gasteiger partial charge in [0.1, 0.15) is 0 Å². The molecule has 3 heteroatoms. The topological polar surface area (TPSA) is 29.3 Å². The fourth-order valence-electron chi connectivity index (χ4n) is 2.94. The molecule has 0 spiro atoms. The molecule has 1 fully saturated rings. The molecule has 18 heavy (non-hydrogen) atoms. The van der Waals surface area contributed by atoms with Gasteiger partial charge in [0.05, 0.1) is 0 Å². The zero-order valence-corrected chi connectivity index (χ0v) is 12.2. The zero-order chi connectivity index (χ0) is 13.0. The molecule has 0 aliphatic carbocycles. The van der Waals surface area contributed by atoms with Crippen molar-refractivity contribution in [3.63, 3.8) is 0 Å². The summed E-state index contributed by atoms with van der Waals surface area (Å²) in [7, 11) is 2.22. The highest BCUT2D eigenvalue weighted by molar-refractivity contribution is 8.00. The lowest BCUT2D eigenvalue weighted by molar-refractivity contribution is 0.104. The monoisotopic (exact) mass is 264 g/mol. The Morgan fingerprint density at radius 2 is 2.11 bits per heavy atom. The lowest BCUT2D eigenvalue weighted by Crippen LogP contribution is -2.59. The SMILES string of the molecule is CC1SCCCC1(CN)N(C)Cc1ccccc1. The maximum absolute atomic E-state index is 6.13. The van der Waals surface area contributed by atoms with Crippen molar-refractivity contribution in [3.8, 4) is 0 Å². The van der Waals surface area contributed by atoms with E-state index in [0.717, 1.165) is 13.1 Å². The Hall–Kier alpha value is -0.510. The van der Waals surface area contributed by atoms with E-state index < -0.39 is 0 Å². The number of thioether (sulfide) groups is 1. The van der Waals surface area contributed by atoms with Crippen LogP contribution in [0.25, 0.3) is 0 Å². The van der Waals surface area contributed by atoms with Gasteiger partial charge in [-0.2, -0.15) is 11.8 Å². The Labute approximate surface area is 115 Å². The minimum absolute atomic E-state index is 0.165. The highest BCUT2D eigenvalue weighted by Gasteiger charge is 2.40. The van der Waals surface area contributed by atoms with Crippen molar-refractivity contribution in [2.45, 2.75) is 37.1 Å². The van der Waals surface area contributed by atoms with Gasteiger partial charge in [-0.25, -0.2) is 0 Å². The minimum Gasteiger partial charge on any atom is -0.329 e. The normalized spacial score (nSPS) is 28.6. The van der Waals surface area contributed by atoms with E-state index in [0.29, 0.717) is 5.25 Å². The van der Waals surface area contributed by atoms with Crippen molar-refractivity contribution < 1.29 is 0 Å². The third kappa shape index (κ3) is 2.73. The predicted octanol–water partition coefficient (Wildman–Crippen LogP) is 2.73. The minimum atomic E-state index is 0.165. The molecule has 1 saturated heterocycles. The molecule has 0 amide bonds. The van der Waals surface area contributed by atoms with E-state index in [-0.39, 0.29) is 5.54 Å². The quantitative estimate of drug-likeness (QED) is 0.906. The molecule has 100 valence electrons. The summed E-state index contributed by atoms with van der Waals surface area (Å²) in [5.41, 5.74) is 7.66. The Kier molecular flexibility index (Phi) is 4.71. The second-order valence-electron chi connectivity index (χ2n) is 5.27. The molecule has 1 aliphatic heterocycles. The van der Waals surface area contributed by atoms with E-state index in [9.17, 15) is 0 Å². The van der Waals surface area contributed by atoms with Gasteiger partial charge in [-0.3, -0.25) is 4.90 Å². The highest BCUT2D eigenvalue weighted by atomic mass is 32.2. The molecular weight excluding hydrogens is 240 g/mol. The number of hydrogen-bond acceptors (Lipinski definition) is 3. The average Bonchev–Trinajstić information content (AvgIpc) is 2.40. The summed E-state index contributed by atoms with van der Waals surface area (Å²) in [5.74, 6) is 1.28. The van der Waals surface area contributed by atoms with E-state index in [4.69, 9.17) is 5.73 Å². The summed E-state index contributed by atoms with van der Waals surface area (Å²) in [5, 5.41) is 0.616. The van der Waals surface area contributed by atoms with Crippen molar-refractivity contribution in [2.75, 3.05) is 19.3 Å². The molecular formula is C15H24N2S. The van der Waals surface area contributed by atoms with Crippen LogP contribution in [0.2, 0.25) is 0 Å². The molecule has 2 rings (SSSR count). The van der Waals surface area contributed by atoms with Gasteiger partial charge >= 0.3 is 0 Å². The maximum Gasteiger partial charge on any atom is 0.0448 e. The number of likely N-dealkylation sites (N-methyl/N-ethyl adjacent to an activating group) is 1. The van der Waals surface area contributed by atoms with Gasteiger partial charge in [0, 0.05) is 23.9 Å². The first-order valence-electron chi connectivity index (χ1n) is 6.76. The third-order valence-corrected chi connectivity index (χ3v) is 5.72. The number of hydrogen-bond donors (Lipinski definition) is 1. The molecule has 1 heterocycles. The molecule has 2 nitrogen and oxygen atoms in total. The van der Waals surface area contributed by atoms with Crippen LogP contribution in [0.1, 0.15) is 25.3 Å². The Bertz CT molecular complexity index is 368. The van der Waals surface area contributed by atoms with E-state index in [1.165, 1.54) is 24.2 Å². The van der Waals surface area contributed by atoms with Gasteiger partial charge in [0.15, 0.2) is 0 Å². The van der Waals surface area contributed by atoms with Crippen LogP contribution in [0.3, 0.4) is 0 Å². The summed E-state index contributed by atoms with van der Waals surface area (Å²) in [6, 6.07) is 10.7. The van der Waals surface area contributed by atoms with Crippen molar-refractivity contribution in [3.05, 3.63) is 35.9 Å². The zero-order valence-electron chi connectivity index (χ0n) is 11.4.